The van der Waals surface area contributed by atoms with Gasteiger partial charge in [0, 0.05) is 37.8 Å². The van der Waals surface area contributed by atoms with Gasteiger partial charge in [0.05, 0.1) is 19.3 Å². The maximum absolute atomic E-state index is 12.5. The van der Waals surface area contributed by atoms with Crippen molar-refractivity contribution in [3.8, 4) is 5.75 Å². The number of benzene rings is 1. The zero-order valence-electron chi connectivity index (χ0n) is 16.5. The standard InChI is InChI=1S/C21H32N2O4/c1-16(2)20(23-9-12-25-13-10-23)14-22-21(24)17-5-7-18(8-6-17)27-15-19-4-3-11-26-19/h5-8,16,19-20H,3-4,9-15H2,1-2H3,(H,22,24). The van der Waals surface area contributed by atoms with Crippen LogP contribution in [0.15, 0.2) is 24.3 Å². The van der Waals surface area contributed by atoms with Crippen LogP contribution < -0.4 is 10.1 Å². The van der Waals surface area contributed by atoms with E-state index in [0.29, 0.717) is 30.7 Å². The smallest absolute Gasteiger partial charge is 0.251 e. The van der Waals surface area contributed by atoms with E-state index < -0.39 is 0 Å². The molecule has 0 bridgehead atoms. The van der Waals surface area contributed by atoms with Crippen LogP contribution in [0.1, 0.15) is 37.0 Å². The quantitative estimate of drug-likeness (QED) is 0.755. The van der Waals surface area contributed by atoms with E-state index in [-0.39, 0.29) is 12.0 Å². The number of hydrogen-bond acceptors (Lipinski definition) is 5. The first-order chi connectivity index (χ1) is 13.1. The van der Waals surface area contributed by atoms with Crippen LogP contribution in [0.5, 0.6) is 5.75 Å². The summed E-state index contributed by atoms with van der Waals surface area (Å²) in [5.74, 6) is 1.20. The van der Waals surface area contributed by atoms with Crippen LogP contribution in [-0.4, -0.2) is 69.0 Å². The van der Waals surface area contributed by atoms with Crippen molar-refractivity contribution in [2.45, 2.75) is 38.8 Å². The summed E-state index contributed by atoms with van der Waals surface area (Å²) in [6.45, 7) is 9.84. The second-order valence-corrected chi connectivity index (χ2v) is 7.64. The van der Waals surface area contributed by atoms with Crippen molar-refractivity contribution in [1.29, 1.82) is 0 Å². The van der Waals surface area contributed by atoms with E-state index in [0.717, 1.165) is 51.5 Å². The first-order valence-corrected chi connectivity index (χ1v) is 10.1. The lowest BCUT2D eigenvalue weighted by atomic mass is 10.0. The van der Waals surface area contributed by atoms with E-state index in [1.165, 1.54) is 0 Å². The van der Waals surface area contributed by atoms with Gasteiger partial charge in [-0.3, -0.25) is 9.69 Å². The van der Waals surface area contributed by atoms with Crippen molar-refractivity contribution < 1.29 is 19.0 Å². The van der Waals surface area contributed by atoms with Crippen LogP contribution in [0.3, 0.4) is 0 Å². The molecule has 1 aromatic rings. The molecule has 0 radical (unpaired) electrons. The lowest BCUT2D eigenvalue weighted by Gasteiger charge is -2.36. The summed E-state index contributed by atoms with van der Waals surface area (Å²) in [5.41, 5.74) is 0.656. The van der Waals surface area contributed by atoms with Gasteiger partial charge >= 0.3 is 0 Å². The van der Waals surface area contributed by atoms with Crippen LogP contribution in [0.2, 0.25) is 0 Å². The molecule has 6 nitrogen and oxygen atoms in total. The predicted octanol–water partition coefficient (Wildman–Crippen LogP) is 2.33. The van der Waals surface area contributed by atoms with Gasteiger partial charge in [0.15, 0.2) is 0 Å². The fraction of sp³-hybridized carbons (Fsp3) is 0.667. The Hall–Kier alpha value is -1.63. The Morgan fingerprint density at radius 3 is 2.59 bits per heavy atom. The van der Waals surface area contributed by atoms with Gasteiger partial charge in [-0.15, -0.1) is 0 Å². The molecule has 150 valence electrons. The van der Waals surface area contributed by atoms with E-state index in [1.54, 1.807) is 0 Å². The summed E-state index contributed by atoms with van der Waals surface area (Å²) >= 11 is 0. The Morgan fingerprint density at radius 1 is 1.22 bits per heavy atom. The third-order valence-corrected chi connectivity index (χ3v) is 5.33. The van der Waals surface area contributed by atoms with Crippen LogP contribution in [0, 0.1) is 5.92 Å². The van der Waals surface area contributed by atoms with E-state index in [1.807, 2.05) is 24.3 Å². The second kappa shape index (κ2) is 10.1. The molecule has 2 unspecified atom stereocenters. The molecule has 27 heavy (non-hydrogen) atoms. The van der Waals surface area contributed by atoms with Gasteiger partial charge in [-0.1, -0.05) is 13.8 Å². The Balaban J connectivity index is 1.47. The Kier molecular flexibility index (Phi) is 7.50. The first-order valence-electron chi connectivity index (χ1n) is 10.1. The van der Waals surface area contributed by atoms with Crippen LogP contribution >= 0.6 is 0 Å². The zero-order chi connectivity index (χ0) is 19.1. The molecule has 0 spiro atoms. The van der Waals surface area contributed by atoms with Gasteiger partial charge in [-0.05, 0) is 43.0 Å². The minimum atomic E-state index is -0.0421. The lowest BCUT2D eigenvalue weighted by molar-refractivity contribution is 0.00673. The molecule has 1 amide bonds. The van der Waals surface area contributed by atoms with E-state index in [2.05, 4.69) is 24.1 Å². The van der Waals surface area contributed by atoms with Gasteiger partial charge in [-0.25, -0.2) is 0 Å². The minimum absolute atomic E-state index is 0.0421. The highest BCUT2D eigenvalue weighted by Gasteiger charge is 2.24. The van der Waals surface area contributed by atoms with Gasteiger partial charge in [0.2, 0.25) is 0 Å². The Labute approximate surface area is 162 Å². The number of amides is 1. The van der Waals surface area contributed by atoms with Crippen molar-refractivity contribution in [3.63, 3.8) is 0 Å². The summed E-state index contributed by atoms with van der Waals surface area (Å²) in [7, 11) is 0. The minimum Gasteiger partial charge on any atom is -0.491 e. The SMILES string of the molecule is CC(C)C(CNC(=O)c1ccc(OCC2CCCO2)cc1)N1CCOCC1. The molecular formula is C21H32N2O4. The second-order valence-electron chi connectivity index (χ2n) is 7.64. The fourth-order valence-electron chi connectivity index (χ4n) is 3.66. The summed E-state index contributed by atoms with van der Waals surface area (Å²) in [6, 6.07) is 7.67. The molecule has 3 rings (SSSR count). The van der Waals surface area contributed by atoms with Crippen molar-refractivity contribution in [3.05, 3.63) is 29.8 Å². The normalized spacial score (nSPS) is 22.0. The van der Waals surface area contributed by atoms with Gasteiger partial charge in [0.1, 0.15) is 12.4 Å². The Bertz CT molecular complexity index is 578. The predicted molar refractivity (Wildman–Crippen MR) is 104 cm³/mol. The third kappa shape index (κ3) is 5.92. The molecular weight excluding hydrogens is 344 g/mol. The molecule has 0 aliphatic carbocycles. The molecule has 1 N–H and O–H groups in total. The summed E-state index contributed by atoms with van der Waals surface area (Å²) in [4.78, 5) is 14.9. The lowest BCUT2D eigenvalue weighted by Crippen LogP contribution is -2.51. The fourth-order valence-corrected chi connectivity index (χ4v) is 3.66. The molecule has 2 heterocycles. The van der Waals surface area contributed by atoms with Crippen molar-refractivity contribution >= 4 is 5.91 Å². The molecule has 0 aromatic heterocycles. The number of hydrogen-bond donors (Lipinski definition) is 1. The number of rotatable bonds is 8. The van der Waals surface area contributed by atoms with E-state index >= 15 is 0 Å². The number of nitrogens with one attached hydrogen (secondary N) is 1. The summed E-state index contributed by atoms with van der Waals surface area (Å²) in [6.07, 6.45) is 2.36. The topological polar surface area (TPSA) is 60.0 Å². The van der Waals surface area contributed by atoms with Crippen molar-refractivity contribution in [2.75, 3.05) is 46.1 Å². The van der Waals surface area contributed by atoms with Gasteiger partial charge in [0.25, 0.3) is 5.91 Å². The molecule has 1 aromatic carbocycles. The molecule has 2 aliphatic heterocycles. The highest BCUT2D eigenvalue weighted by Crippen LogP contribution is 2.17. The van der Waals surface area contributed by atoms with E-state index in [9.17, 15) is 4.79 Å². The maximum Gasteiger partial charge on any atom is 0.251 e. The van der Waals surface area contributed by atoms with E-state index in [4.69, 9.17) is 14.2 Å². The number of morpholine rings is 1. The van der Waals surface area contributed by atoms with Crippen LogP contribution in [0.25, 0.3) is 0 Å². The average molecular weight is 376 g/mol. The molecule has 2 fully saturated rings. The maximum atomic E-state index is 12.5. The molecule has 2 atom stereocenters. The number of ether oxygens (including phenoxy) is 3. The van der Waals surface area contributed by atoms with Crippen LogP contribution in [0.4, 0.5) is 0 Å². The van der Waals surface area contributed by atoms with Gasteiger partial charge < -0.3 is 19.5 Å². The average Bonchev–Trinajstić information content (AvgIpc) is 3.21. The highest BCUT2D eigenvalue weighted by atomic mass is 16.5. The summed E-state index contributed by atoms with van der Waals surface area (Å²) < 4.78 is 16.8. The Morgan fingerprint density at radius 2 is 1.96 bits per heavy atom. The molecule has 2 saturated heterocycles. The highest BCUT2D eigenvalue weighted by molar-refractivity contribution is 5.94. The molecule has 0 saturated carbocycles. The number of nitrogens with zero attached hydrogens (tertiary/aromatic N) is 1. The van der Waals surface area contributed by atoms with Crippen molar-refractivity contribution in [2.24, 2.45) is 5.92 Å². The van der Waals surface area contributed by atoms with Gasteiger partial charge in [-0.2, -0.15) is 0 Å². The summed E-state index contributed by atoms with van der Waals surface area (Å²) in [5, 5.41) is 3.09. The first kappa shape index (κ1) is 20.1. The number of carbonyl (C=O) groups is 1. The largest absolute Gasteiger partial charge is 0.491 e. The third-order valence-electron chi connectivity index (χ3n) is 5.33. The zero-order valence-corrected chi connectivity index (χ0v) is 16.5. The monoisotopic (exact) mass is 376 g/mol. The van der Waals surface area contributed by atoms with Crippen LogP contribution in [-0.2, 0) is 9.47 Å². The number of carbonyl (C=O) groups excluding carboxylic acids is 1. The van der Waals surface area contributed by atoms with Crippen molar-refractivity contribution in [1.82, 2.24) is 10.2 Å². The molecule has 6 heteroatoms. The molecule has 2 aliphatic rings.